The van der Waals surface area contributed by atoms with Crippen LogP contribution in [0.15, 0.2) is 65.1 Å². The van der Waals surface area contributed by atoms with Crippen LogP contribution in [0.5, 0.6) is 5.75 Å². The van der Waals surface area contributed by atoms with Gasteiger partial charge in [-0.15, -0.1) is 0 Å². The molecule has 0 unspecified atom stereocenters. The average Bonchev–Trinajstić information content (AvgIpc) is 3.28. The summed E-state index contributed by atoms with van der Waals surface area (Å²) in [7, 11) is 0. The van der Waals surface area contributed by atoms with Crippen LogP contribution in [0, 0.1) is 0 Å². The summed E-state index contributed by atoms with van der Waals surface area (Å²) in [4.78, 5) is 16.9. The molecule has 1 aromatic heterocycles. The number of amides is 1. The lowest BCUT2D eigenvalue weighted by Gasteiger charge is -2.22. The highest BCUT2D eigenvalue weighted by Gasteiger charge is 2.16. The maximum absolute atomic E-state index is 12.4. The summed E-state index contributed by atoms with van der Waals surface area (Å²) in [5.41, 5.74) is 3.75. The van der Waals surface area contributed by atoms with Crippen molar-refractivity contribution < 1.29 is 13.9 Å². The zero-order valence-corrected chi connectivity index (χ0v) is 20.0. The zero-order chi connectivity index (χ0) is 23.5. The first-order valence-corrected chi connectivity index (χ1v) is 12.2. The highest BCUT2D eigenvalue weighted by Crippen LogP contribution is 2.34. The van der Waals surface area contributed by atoms with E-state index in [0.29, 0.717) is 50.0 Å². The van der Waals surface area contributed by atoms with Crippen LogP contribution in [0.1, 0.15) is 43.6 Å². The van der Waals surface area contributed by atoms with Gasteiger partial charge in [0.05, 0.1) is 10.6 Å². The standard InChI is InChI=1S/C27H24Cl2N2O3/c28-19-8-12-23(29)22(14-19)27-31-24-15-20(9-13-25(24)34-27)30-26(32)16-33-21-10-6-18(7-11-21)17-4-2-1-3-5-17/h6-15,17H,1-5,16H2,(H,30,32). The molecule has 0 bridgehead atoms. The summed E-state index contributed by atoms with van der Waals surface area (Å²) in [6, 6.07) is 18.5. The van der Waals surface area contributed by atoms with Gasteiger partial charge in [0.2, 0.25) is 5.89 Å². The average molecular weight is 495 g/mol. The fourth-order valence-corrected chi connectivity index (χ4v) is 4.77. The second-order valence-corrected chi connectivity index (χ2v) is 9.41. The molecule has 1 N–H and O–H groups in total. The first-order valence-electron chi connectivity index (χ1n) is 11.4. The second kappa shape index (κ2) is 10.1. The van der Waals surface area contributed by atoms with Gasteiger partial charge >= 0.3 is 0 Å². The number of aromatic nitrogens is 1. The van der Waals surface area contributed by atoms with Crippen molar-refractivity contribution in [2.24, 2.45) is 0 Å². The SMILES string of the molecule is O=C(COc1ccc(C2CCCCC2)cc1)Nc1ccc2oc(-c3cc(Cl)ccc3Cl)nc2c1. The lowest BCUT2D eigenvalue weighted by Crippen LogP contribution is -2.20. The van der Waals surface area contributed by atoms with Crippen LogP contribution in [0.4, 0.5) is 5.69 Å². The minimum atomic E-state index is -0.252. The summed E-state index contributed by atoms with van der Waals surface area (Å²) in [5, 5.41) is 3.88. The fraction of sp³-hybridized carbons (Fsp3) is 0.259. The normalized spacial score (nSPS) is 14.3. The molecular formula is C27H24Cl2N2O3. The van der Waals surface area contributed by atoms with E-state index in [1.54, 1.807) is 36.4 Å². The fourth-order valence-electron chi connectivity index (χ4n) is 4.40. The van der Waals surface area contributed by atoms with Crippen molar-refractivity contribution in [3.8, 4) is 17.2 Å². The van der Waals surface area contributed by atoms with Gasteiger partial charge in [-0.2, -0.15) is 0 Å². The summed E-state index contributed by atoms with van der Waals surface area (Å²) in [6.07, 6.45) is 6.46. The number of ether oxygens (including phenoxy) is 1. The number of rotatable bonds is 6. The Morgan fingerprint density at radius 3 is 2.59 bits per heavy atom. The monoisotopic (exact) mass is 494 g/mol. The molecule has 1 aliphatic carbocycles. The Balaban J connectivity index is 1.21. The molecule has 1 amide bonds. The highest BCUT2D eigenvalue weighted by molar-refractivity contribution is 6.35. The Kier molecular flexibility index (Phi) is 6.75. The summed E-state index contributed by atoms with van der Waals surface area (Å²) < 4.78 is 11.5. The maximum atomic E-state index is 12.4. The first-order chi connectivity index (χ1) is 16.5. The summed E-state index contributed by atoms with van der Waals surface area (Å²) >= 11 is 12.3. The molecule has 0 spiro atoms. The van der Waals surface area contributed by atoms with Crippen LogP contribution in [-0.4, -0.2) is 17.5 Å². The lowest BCUT2D eigenvalue weighted by atomic mass is 9.84. The molecule has 34 heavy (non-hydrogen) atoms. The highest BCUT2D eigenvalue weighted by atomic mass is 35.5. The molecule has 0 radical (unpaired) electrons. The lowest BCUT2D eigenvalue weighted by molar-refractivity contribution is -0.118. The van der Waals surface area contributed by atoms with E-state index < -0.39 is 0 Å². The van der Waals surface area contributed by atoms with Gasteiger partial charge in [0.25, 0.3) is 5.91 Å². The Morgan fingerprint density at radius 2 is 1.79 bits per heavy atom. The molecule has 5 rings (SSSR count). The van der Waals surface area contributed by atoms with Crippen molar-refractivity contribution in [3.63, 3.8) is 0 Å². The number of nitrogens with zero attached hydrogens (tertiary/aromatic N) is 1. The summed E-state index contributed by atoms with van der Waals surface area (Å²) in [5.74, 6) is 1.45. The number of benzene rings is 3. The van der Waals surface area contributed by atoms with Crippen LogP contribution in [-0.2, 0) is 4.79 Å². The quantitative estimate of drug-likeness (QED) is 0.296. The van der Waals surface area contributed by atoms with Crippen LogP contribution in [0.25, 0.3) is 22.6 Å². The predicted molar refractivity (Wildman–Crippen MR) is 136 cm³/mol. The largest absolute Gasteiger partial charge is 0.484 e. The van der Waals surface area contributed by atoms with E-state index in [1.165, 1.54) is 37.7 Å². The molecule has 1 fully saturated rings. The van der Waals surface area contributed by atoms with Crippen molar-refractivity contribution in [2.45, 2.75) is 38.0 Å². The number of nitrogens with one attached hydrogen (secondary N) is 1. The van der Waals surface area contributed by atoms with Gasteiger partial charge in [-0.1, -0.05) is 54.6 Å². The van der Waals surface area contributed by atoms with E-state index in [4.69, 9.17) is 32.4 Å². The van der Waals surface area contributed by atoms with Crippen LogP contribution < -0.4 is 10.1 Å². The molecule has 0 aliphatic heterocycles. The van der Waals surface area contributed by atoms with E-state index in [-0.39, 0.29) is 12.5 Å². The first kappa shape index (κ1) is 22.8. The molecule has 5 nitrogen and oxygen atoms in total. The van der Waals surface area contributed by atoms with Gasteiger partial charge < -0.3 is 14.5 Å². The molecular weight excluding hydrogens is 471 g/mol. The van der Waals surface area contributed by atoms with E-state index in [2.05, 4.69) is 22.4 Å². The van der Waals surface area contributed by atoms with E-state index in [1.807, 2.05) is 12.1 Å². The molecule has 0 atom stereocenters. The zero-order valence-electron chi connectivity index (χ0n) is 18.5. The van der Waals surface area contributed by atoms with Gasteiger partial charge in [0.15, 0.2) is 12.2 Å². The predicted octanol–water partition coefficient (Wildman–Crippen LogP) is 7.87. The van der Waals surface area contributed by atoms with Crippen molar-refractivity contribution in [3.05, 3.63) is 76.3 Å². The van der Waals surface area contributed by atoms with Crippen molar-refractivity contribution >= 4 is 45.9 Å². The van der Waals surface area contributed by atoms with Gasteiger partial charge in [0, 0.05) is 10.7 Å². The Labute approximate surface area is 208 Å². The minimum Gasteiger partial charge on any atom is -0.484 e. The molecule has 3 aromatic carbocycles. The number of halogens is 2. The molecule has 0 saturated heterocycles. The van der Waals surface area contributed by atoms with Crippen molar-refractivity contribution in [2.75, 3.05) is 11.9 Å². The third-order valence-corrected chi connectivity index (χ3v) is 6.72. The molecule has 4 aromatic rings. The third kappa shape index (κ3) is 5.21. The maximum Gasteiger partial charge on any atom is 0.262 e. The molecule has 1 saturated carbocycles. The van der Waals surface area contributed by atoms with Crippen molar-refractivity contribution in [1.29, 1.82) is 0 Å². The minimum absolute atomic E-state index is 0.0804. The van der Waals surface area contributed by atoms with Crippen LogP contribution >= 0.6 is 23.2 Å². The topological polar surface area (TPSA) is 64.4 Å². The van der Waals surface area contributed by atoms with E-state index >= 15 is 0 Å². The van der Waals surface area contributed by atoms with Crippen LogP contribution in [0.2, 0.25) is 10.0 Å². The van der Waals surface area contributed by atoms with Gasteiger partial charge in [-0.25, -0.2) is 4.98 Å². The van der Waals surface area contributed by atoms with Crippen LogP contribution in [0.3, 0.4) is 0 Å². The number of oxazole rings is 1. The molecule has 1 heterocycles. The van der Waals surface area contributed by atoms with E-state index in [9.17, 15) is 4.79 Å². The Hall–Kier alpha value is -3.02. The summed E-state index contributed by atoms with van der Waals surface area (Å²) in [6.45, 7) is -0.0804. The van der Waals surface area contributed by atoms with Gasteiger partial charge in [-0.3, -0.25) is 4.79 Å². The van der Waals surface area contributed by atoms with Gasteiger partial charge in [0.1, 0.15) is 11.3 Å². The molecule has 1 aliphatic rings. The Bertz CT molecular complexity index is 1310. The van der Waals surface area contributed by atoms with E-state index in [0.717, 1.165) is 0 Å². The number of carbonyl (C=O) groups is 1. The number of hydrogen-bond donors (Lipinski definition) is 1. The Morgan fingerprint density at radius 1 is 1.00 bits per heavy atom. The third-order valence-electron chi connectivity index (χ3n) is 6.16. The van der Waals surface area contributed by atoms with Gasteiger partial charge in [-0.05, 0) is 72.9 Å². The smallest absolute Gasteiger partial charge is 0.262 e. The number of hydrogen-bond acceptors (Lipinski definition) is 4. The number of fused-ring (bicyclic) bond motifs is 1. The second-order valence-electron chi connectivity index (χ2n) is 8.57. The number of anilines is 1. The van der Waals surface area contributed by atoms with Crippen molar-refractivity contribution in [1.82, 2.24) is 4.98 Å². The number of carbonyl (C=O) groups excluding carboxylic acids is 1. The molecule has 7 heteroatoms. The molecule has 174 valence electrons.